The molecule has 1 aliphatic heterocycles. The van der Waals surface area contributed by atoms with Crippen LogP contribution in [0.25, 0.3) is 0 Å². The normalized spacial score (nSPS) is 39.0. The van der Waals surface area contributed by atoms with Crippen molar-refractivity contribution >= 4 is 0 Å². The van der Waals surface area contributed by atoms with E-state index in [1.165, 1.54) is 6.07 Å². The predicted octanol–water partition coefficient (Wildman–Crippen LogP) is -0.796. The van der Waals surface area contributed by atoms with Crippen LogP contribution in [0, 0.1) is 0 Å². The van der Waals surface area contributed by atoms with Gasteiger partial charge in [-0.15, -0.1) is 0 Å². The summed E-state index contributed by atoms with van der Waals surface area (Å²) in [5.74, 6) is 0. The topological polar surface area (TPSA) is 105 Å². The molecule has 0 aromatic carbocycles. The average Bonchev–Trinajstić information content (AvgIpc) is 2.65. The maximum absolute atomic E-state index is 11.2. The first-order valence-corrected chi connectivity index (χ1v) is 6.68. The van der Waals surface area contributed by atoms with Gasteiger partial charge >= 0.3 is 6.01 Å². The molecule has 0 spiro atoms. The number of ether oxygens (including phenoxy) is 1. The Bertz CT molecular complexity index is 578. The quantitative estimate of drug-likeness (QED) is 0.670. The lowest BCUT2D eigenvalue weighted by atomic mass is 9.62. The standard InChI is InChI=1S/C13H18N2O5/c1-8-10(13(19)6-12(18,7-13)3-5-16)20-11-14-9(17)2-4-15(8)11/h2,4,8,10,16,18-19H,3,5-7H2,1H3/t8-,10?,12?,13?/m1/s1. The Kier molecular flexibility index (Phi) is 2.89. The van der Waals surface area contributed by atoms with Crippen LogP contribution in [0.15, 0.2) is 17.1 Å². The minimum Gasteiger partial charge on any atom is -0.456 e. The Morgan fingerprint density at radius 1 is 1.50 bits per heavy atom. The zero-order valence-electron chi connectivity index (χ0n) is 11.2. The van der Waals surface area contributed by atoms with Gasteiger partial charge in [0.15, 0.2) is 6.10 Å². The second-order valence-corrected chi connectivity index (χ2v) is 5.89. The van der Waals surface area contributed by atoms with E-state index in [0.717, 1.165) is 0 Å². The summed E-state index contributed by atoms with van der Waals surface area (Å²) in [7, 11) is 0. The van der Waals surface area contributed by atoms with E-state index < -0.39 is 17.3 Å². The van der Waals surface area contributed by atoms with Crippen molar-refractivity contribution in [2.45, 2.75) is 49.5 Å². The first-order chi connectivity index (χ1) is 9.37. The van der Waals surface area contributed by atoms with Gasteiger partial charge in [0, 0.05) is 31.7 Å². The lowest BCUT2D eigenvalue weighted by Gasteiger charge is -2.52. The Labute approximate surface area is 115 Å². The number of fused-ring (bicyclic) bond motifs is 1. The molecule has 0 amide bonds. The fourth-order valence-corrected chi connectivity index (χ4v) is 3.38. The highest BCUT2D eigenvalue weighted by molar-refractivity contribution is 5.17. The molecule has 2 aliphatic rings. The number of nitrogens with zero attached hydrogens (tertiary/aromatic N) is 2. The van der Waals surface area contributed by atoms with E-state index in [1.54, 1.807) is 10.8 Å². The molecule has 110 valence electrons. The van der Waals surface area contributed by atoms with Crippen LogP contribution in [0.5, 0.6) is 6.01 Å². The van der Waals surface area contributed by atoms with Crippen LogP contribution in [-0.4, -0.2) is 48.8 Å². The number of aromatic nitrogens is 2. The van der Waals surface area contributed by atoms with Crippen LogP contribution < -0.4 is 10.3 Å². The number of aliphatic hydroxyl groups is 3. The highest BCUT2D eigenvalue weighted by Gasteiger charge is 2.60. The summed E-state index contributed by atoms with van der Waals surface area (Å²) in [6, 6.07) is 1.36. The molecule has 1 fully saturated rings. The molecule has 2 heterocycles. The van der Waals surface area contributed by atoms with Gasteiger partial charge in [0.1, 0.15) is 5.60 Å². The smallest absolute Gasteiger partial charge is 0.300 e. The molecule has 0 saturated heterocycles. The van der Waals surface area contributed by atoms with Gasteiger partial charge in [-0.2, -0.15) is 4.98 Å². The Balaban J connectivity index is 1.80. The van der Waals surface area contributed by atoms with Crippen molar-refractivity contribution in [3.8, 4) is 6.01 Å². The fraction of sp³-hybridized carbons (Fsp3) is 0.692. The monoisotopic (exact) mass is 282 g/mol. The van der Waals surface area contributed by atoms with Crippen molar-refractivity contribution in [2.75, 3.05) is 6.61 Å². The first kappa shape index (κ1) is 13.5. The van der Waals surface area contributed by atoms with Gasteiger partial charge in [-0.3, -0.25) is 9.36 Å². The van der Waals surface area contributed by atoms with Crippen LogP contribution in [0.4, 0.5) is 0 Å². The lowest BCUT2D eigenvalue weighted by molar-refractivity contribution is -0.222. The van der Waals surface area contributed by atoms with E-state index in [2.05, 4.69) is 4.98 Å². The largest absolute Gasteiger partial charge is 0.456 e. The van der Waals surface area contributed by atoms with Gasteiger partial charge in [0.25, 0.3) is 5.56 Å². The maximum Gasteiger partial charge on any atom is 0.300 e. The van der Waals surface area contributed by atoms with Crippen LogP contribution in [0.2, 0.25) is 0 Å². The molecular weight excluding hydrogens is 264 g/mol. The summed E-state index contributed by atoms with van der Waals surface area (Å²) < 4.78 is 7.31. The van der Waals surface area contributed by atoms with Gasteiger partial charge in [0.2, 0.25) is 0 Å². The highest BCUT2D eigenvalue weighted by atomic mass is 16.5. The third-order valence-electron chi connectivity index (χ3n) is 4.29. The van der Waals surface area contributed by atoms with Gasteiger partial charge in [-0.1, -0.05) is 0 Å². The highest BCUT2D eigenvalue weighted by Crippen LogP contribution is 2.50. The van der Waals surface area contributed by atoms with Crippen molar-refractivity contribution in [3.63, 3.8) is 0 Å². The molecule has 20 heavy (non-hydrogen) atoms. The third-order valence-corrected chi connectivity index (χ3v) is 4.29. The van der Waals surface area contributed by atoms with E-state index in [-0.39, 0.29) is 43.5 Å². The van der Waals surface area contributed by atoms with Crippen LogP contribution in [0.3, 0.4) is 0 Å². The van der Waals surface area contributed by atoms with Gasteiger partial charge < -0.3 is 20.1 Å². The van der Waals surface area contributed by atoms with Crippen molar-refractivity contribution in [2.24, 2.45) is 0 Å². The average molecular weight is 282 g/mol. The molecule has 1 aromatic heterocycles. The molecule has 2 atom stereocenters. The summed E-state index contributed by atoms with van der Waals surface area (Å²) in [6.45, 7) is 1.75. The minimum absolute atomic E-state index is 0.121. The Hall–Kier alpha value is -1.44. The lowest BCUT2D eigenvalue weighted by Crippen LogP contribution is -2.64. The van der Waals surface area contributed by atoms with Crippen LogP contribution >= 0.6 is 0 Å². The summed E-state index contributed by atoms with van der Waals surface area (Å²) in [5, 5.41) is 29.6. The fourth-order valence-electron chi connectivity index (χ4n) is 3.38. The van der Waals surface area contributed by atoms with E-state index in [4.69, 9.17) is 9.84 Å². The summed E-state index contributed by atoms with van der Waals surface area (Å²) in [6.07, 6.45) is 1.56. The van der Waals surface area contributed by atoms with Gasteiger partial charge in [-0.05, 0) is 13.3 Å². The molecular formula is C13H18N2O5. The molecule has 1 aliphatic carbocycles. The Morgan fingerprint density at radius 3 is 2.85 bits per heavy atom. The molecule has 1 saturated carbocycles. The van der Waals surface area contributed by atoms with Gasteiger partial charge in [0.05, 0.1) is 11.6 Å². The van der Waals surface area contributed by atoms with Crippen molar-refractivity contribution in [1.82, 2.24) is 9.55 Å². The zero-order valence-corrected chi connectivity index (χ0v) is 11.2. The minimum atomic E-state index is -1.17. The van der Waals surface area contributed by atoms with E-state index >= 15 is 0 Å². The number of rotatable bonds is 3. The Morgan fingerprint density at radius 2 is 2.20 bits per heavy atom. The zero-order chi connectivity index (χ0) is 14.5. The predicted molar refractivity (Wildman–Crippen MR) is 68.5 cm³/mol. The number of aliphatic hydroxyl groups excluding tert-OH is 1. The first-order valence-electron chi connectivity index (χ1n) is 6.68. The second-order valence-electron chi connectivity index (χ2n) is 5.89. The van der Waals surface area contributed by atoms with E-state index in [0.29, 0.717) is 0 Å². The maximum atomic E-state index is 11.2. The molecule has 3 N–H and O–H groups in total. The summed E-state index contributed by atoms with van der Waals surface area (Å²) >= 11 is 0. The molecule has 7 nitrogen and oxygen atoms in total. The molecule has 0 bridgehead atoms. The second kappa shape index (κ2) is 4.28. The molecule has 3 rings (SSSR count). The van der Waals surface area contributed by atoms with Crippen molar-refractivity contribution in [3.05, 3.63) is 22.6 Å². The summed E-state index contributed by atoms with van der Waals surface area (Å²) in [4.78, 5) is 15.0. The third kappa shape index (κ3) is 1.93. The van der Waals surface area contributed by atoms with Crippen LogP contribution in [0.1, 0.15) is 32.2 Å². The molecule has 1 unspecified atom stereocenters. The molecule has 1 aromatic rings. The van der Waals surface area contributed by atoms with Crippen molar-refractivity contribution in [1.29, 1.82) is 0 Å². The SMILES string of the molecule is C[C@@H]1C(C2(O)CC(O)(CCO)C2)Oc2nc(=O)ccn21. The number of hydrogen-bond acceptors (Lipinski definition) is 6. The number of hydrogen-bond donors (Lipinski definition) is 3. The van der Waals surface area contributed by atoms with E-state index in [9.17, 15) is 15.0 Å². The van der Waals surface area contributed by atoms with Crippen molar-refractivity contribution < 1.29 is 20.1 Å². The molecule has 0 radical (unpaired) electrons. The summed E-state index contributed by atoms with van der Waals surface area (Å²) in [5.41, 5.74) is -2.59. The van der Waals surface area contributed by atoms with Crippen LogP contribution in [-0.2, 0) is 0 Å². The molecule has 7 heteroatoms. The van der Waals surface area contributed by atoms with Gasteiger partial charge in [-0.25, -0.2) is 0 Å². The van der Waals surface area contributed by atoms with E-state index in [1.807, 2.05) is 6.92 Å².